The van der Waals surface area contributed by atoms with Gasteiger partial charge in [0.25, 0.3) is 0 Å². The van der Waals surface area contributed by atoms with Crippen LogP contribution in [0.5, 0.6) is 0 Å². The molecular formula is C29H50O. The lowest BCUT2D eigenvalue weighted by Gasteiger charge is -2.42. The lowest BCUT2D eigenvalue weighted by Crippen LogP contribution is -2.37. The monoisotopic (exact) mass is 414 g/mol. The van der Waals surface area contributed by atoms with Gasteiger partial charge in [-0.15, -0.1) is 0 Å². The third kappa shape index (κ3) is 6.12. The van der Waals surface area contributed by atoms with E-state index in [9.17, 15) is 5.11 Å². The molecule has 2 rings (SSSR count). The predicted octanol–water partition coefficient (Wildman–Crippen LogP) is 8.91. The first kappa shape index (κ1) is 25.4. The molecule has 2 unspecified atom stereocenters. The van der Waals surface area contributed by atoms with Crippen molar-refractivity contribution in [2.45, 2.75) is 137 Å². The van der Waals surface area contributed by atoms with Crippen molar-refractivity contribution in [3.05, 3.63) is 34.4 Å². The zero-order chi connectivity index (χ0) is 22.4. The lowest BCUT2D eigenvalue weighted by atomic mass is 9.65. The first-order valence-corrected chi connectivity index (χ1v) is 13.1. The molecule has 0 aliphatic heterocycles. The standard InChI is InChI=1S/C29H50O/c1-9-11-13-22-15-25(16-23(29(22)30)14-12-10-2)28-26(20(5)6)17-24(19(3)4)18-27(28)21(7)8/h17-23,25,29-30H,9-16H2,1-8H3. The van der Waals surface area contributed by atoms with Crippen molar-refractivity contribution < 1.29 is 5.11 Å². The average Bonchev–Trinajstić information content (AvgIpc) is 2.70. The van der Waals surface area contributed by atoms with Crippen molar-refractivity contribution in [3.63, 3.8) is 0 Å². The Labute approximate surface area is 188 Å². The number of hydrogen-bond acceptors (Lipinski definition) is 1. The molecule has 1 N–H and O–H groups in total. The normalized spacial score (nSPS) is 24.9. The molecular weight excluding hydrogens is 364 g/mol. The van der Waals surface area contributed by atoms with Crippen LogP contribution in [-0.2, 0) is 0 Å². The highest BCUT2D eigenvalue weighted by molar-refractivity contribution is 5.46. The summed E-state index contributed by atoms with van der Waals surface area (Å²) in [5.74, 6) is 3.20. The maximum absolute atomic E-state index is 11.2. The Morgan fingerprint density at radius 1 is 0.767 bits per heavy atom. The average molecular weight is 415 g/mol. The highest BCUT2D eigenvalue weighted by Crippen LogP contribution is 2.47. The van der Waals surface area contributed by atoms with E-state index in [1.54, 1.807) is 16.7 Å². The molecule has 1 fully saturated rings. The number of hydrogen-bond donors (Lipinski definition) is 1. The topological polar surface area (TPSA) is 20.2 Å². The van der Waals surface area contributed by atoms with E-state index in [1.807, 2.05) is 0 Å². The molecule has 1 aromatic rings. The zero-order valence-corrected chi connectivity index (χ0v) is 21.3. The van der Waals surface area contributed by atoms with Crippen LogP contribution in [0.4, 0.5) is 0 Å². The molecule has 0 aromatic heterocycles. The van der Waals surface area contributed by atoms with Gasteiger partial charge >= 0.3 is 0 Å². The summed E-state index contributed by atoms with van der Waals surface area (Å²) in [6, 6.07) is 5.04. The Kier molecular flexibility index (Phi) is 9.92. The van der Waals surface area contributed by atoms with E-state index >= 15 is 0 Å². The molecule has 0 saturated heterocycles. The van der Waals surface area contributed by atoms with Crippen molar-refractivity contribution in [1.82, 2.24) is 0 Å². The van der Waals surface area contributed by atoms with Crippen molar-refractivity contribution in [3.8, 4) is 0 Å². The fourth-order valence-corrected chi connectivity index (χ4v) is 5.72. The Balaban J connectivity index is 2.52. The lowest BCUT2D eigenvalue weighted by molar-refractivity contribution is 0.000531. The fourth-order valence-electron chi connectivity index (χ4n) is 5.72. The van der Waals surface area contributed by atoms with Crippen LogP contribution in [0.15, 0.2) is 12.1 Å². The maximum Gasteiger partial charge on any atom is 0.0596 e. The van der Waals surface area contributed by atoms with Crippen molar-refractivity contribution in [2.75, 3.05) is 0 Å². The van der Waals surface area contributed by atoms with Crippen LogP contribution < -0.4 is 0 Å². The van der Waals surface area contributed by atoms with E-state index in [4.69, 9.17) is 0 Å². The Morgan fingerprint density at radius 2 is 1.20 bits per heavy atom. The molecule has 1 aliphatic carbocycles. The highest BCUT2D eigenvalue weighted by atomic mass is 16.3. The van der Waals surface area contributed by atoms with Crippen molar-refractivity contribution >= 4 is 0 Å². The first-order chi connectivity index (χ1) is 14.2. The SMILES string of the molecule is CCCCC1CC(c2c(C(C)C)cc(C(C)C)cc2C(C)C)CC(CCCC)C1O. The smallest absolute Gasteiger partial charge is 0.0596 e. The summed E-state index contributed by atoms with van der Waals surface area (Å²) < 4.78 is 0. The number of benzene rings is 1. The fraction of sp³-hybridized carbons (Fsp3) is 0.793. The van der Waals surface area contributed by atoms with Crippen LogP contribution >= 0.6 is 0 Å². The molecule has 1 heteroatoms. The summed E-state index contributed by atoms with van der Waals surface area (Å²) >= 11 is 0. The van der Waals surface area contributed by atoms with E-state index in [2.05, 4.69) is 67.5 Å². The molecule has 1 nitrogen and oxygen atoms in total. The molecule has 0 spiro atoms. The van der Waals surface area contributed by atoms with E-state index in [0.29, 0.717) is 35.5 Å². The van der Waals surface area contributed by atoms with Gasteiger partial charge in [0.2, 0.25) is 0 Å². The van der Waals surface area contributed by atoms with Crippen LogP contribution in [0.25, 0.3) is 0 Å². The maximum atomic E-state index is 11.2. The molecule has 0 radical (unpaired) electrons. The van der Waals surface area contributed by atoms with Gasteiger partial charge in [0.05, 0.1) is 6.10 Å². The Morgan fingerprint density at radius 3 is 1.53 bits per heavy atom. The quantitative estimate of drug-likeness (QED) is 0.405. The van der Waals surface area contributed by atoms with Gasteiger partial charge in [0, 0.05) is 0 Å². The summed E-state index contributed by atoms with van der Waals surface area (Å²) in [4.78, 5) is 0. The molecule has 0 bridgehead atoms. The highest BCUT2D eigenvalue weighted by Gasteiger charge is 2.38. The summed E-state index contributed by atoms with van der Waals surface area (Å²) in [5.41, 5.74) is 6.30. The summed E-state index contributed by atoms with van der Waals surface area (Å²) in [7, 11) is 0. The van der Waals surface area contributed by atoms with Gasteiger partial charge in [-0.2, -0.15) is 0 Å². The Hall–Kier alpha value is -0.820. The summed E-state index contributed by atoms with van der Waals surface area (Å²) in [6.07, 6.45) is 9.57. The van der Waals surface area contributed by atoms with Crippen molar-refractivity contribution in [2.24, 2.45) is 11.8 Å². The van der Waals surface area contributed by atoms with Crippen LogP contribution in [-0.4, -0.2) is 11.2 Å². The molecule has 172 valence electrons. The number of unbranched alkanes of at least 4 members (excludes halogenated alkanes) is 2. The van der Waals surface area contributed by atoms with Gasteiger partial charge in [0.1, 0.15) is 0 Å². The van der Waals surface area contributed by atoms with E-state index in [1.165, 1.54) is 56.9 Å². The second-order valence-electron chi connectivity index (χ2n) is 11.0. The molecule has 1 aliphatic rings. The predicted molar refractivity (Wildman–Crippen MR) is 133 cm³/mol. The molecule has 0 amide bonds. The second kappa shape index (κ2) is 11.7. The van der Waals surface area contributed by atoms with Gasteiger partial charge in [-0.1, -0.05) is 93.2 Å². The van der Waals surface area contributed by atoms with Crippen LogP contribution in [0.2, 0.25) is 0 Å². The first-order valence-electron chi connectivity index (χ1n) is 13.1. The van der Waals surface area contributed by atoms with Crippen molar-refractivity contribution in [1.29, 1.82) is 0 Å². The van der Waals surface area contributed by atoms with Gasteiger partial charge in [-0.05, 0) is 83.4 Å². The molecule has 0 heterocycles. The van der Waals surface area contributed by atoms with Crippen LogP contribution in [0, 0.1) is 11.8 Å². The van der Waals surface area contributed by atoms with E-state index < -0.39 is 0 Å². The summed E-state index contributed by atoms with van der Waals surface area (Å²) in [5, 5.41) is 11.2. The molecule has 1 aromatic carbocycles. The second-order valence-corrected chi connectivity index (χ2v) is 11.0. The minimum atomic E-state index is -0.0979. The molecule has 2 atom stereocenters. The molecule has 1 saturated carbocycles. The summed E-state index contributed by atoms with van der Waals surface area (Å²) in [6.45, 7) is 18.7. The van der Waals surface area contributed by atoms with Crippen LogP contribution in [0.3, 0.4) is 0 Å². The minimum absolute atomic E-state index is 0.0979. The number of aliphatic hydroxyl groups excluding tert-OH is 1. The number of rotatable bonds is 10. The van der Waals surface area contributed by atoms with Gasteiger partial charge in [-0.3, -0.25) is 0 Å². The zero-order valence-electron chi connectivity index (χ0n) is 21.3. The van der Waals surface area contributed by atoms with E-state index in [-0.39, 0.29) is 6.10 Å². The van der Waals surface area contributed by atoms with Gasteiger partial charge in [-0.25, -0.2) is 0 Å². The van der Waals surface area contributed by atoms with Gasteiger partial charge < -0.3 is 5.11 Å². The Bertz CT molecular complexity index is 595. The third-order valence-electron chi connectivity index (χ3n) is 7.58. The molecule has 30 heavy (non-hydrogen) atoms. The minimum Gasteiger partial charge on any atom is -0.393 e. The van der Waals surface area contributed by atoms with Gasteiger partial charge in [0.15, 0.2) is 0 Å². The largest absolute Gasteiger partial charge is 0.393 e. The third-order valence-corrected chi connectivity index (χ3v) is 7.58. The van der Waals surface area contributed by atoms with Crippen LogP contribution in [0.1, 0.15) is 153 Å². The van der Waals surface area contributed by atoms with E-state index in [0.717, 1.165) is 0 Å². The number of aliphatic hydroxyl groups is 1.